The first-order valence-corrected chi connectivity index (χ1v) is 46.6. The predicted molar refractivity (Wildman–Crippen MR) is 495 cm³/mol. The fourth-order valence-electron chi connectivity index (χ4n) is 14.7. The standard InChI is InChI=1S/C94H157N17O18/c1-92(2,3)127-87(119)77(42-45-80(112)103-74(84(116)109(56-26-48-95)57-27-49-96)38-20-13-21-41-83(115)124-68-71-32-14-10-15-33-71)106-62-64-107(78(88(120)128-93(4,5)6)43-46-81(113)104-75(85(117)110(58-28-50-97)59-29-51-98)39-22-24-54-101-90(122)125-69-72-34-16-11-17-35-72)66-67-108(65-63-106)79(89(121)129-94(7,8)9)44-47-82(114)105-76(86(118)111(60-30-52-99)61-31-53-100)40-23-25-55-102-91(123)126-70-73-36-18-12-19-37-73/h10-12,14-19,32-37,74-79H,13,20-31,38-70,95-100H2,1-9H3,(H,101,122)(H,102,123)(H,103,112)(H,104,113)(H,105,114)/t74-,75-,76-,77?,78?,79?/m0/s1. The number of hydrogen-bond acceptors (Lipinski definition) is 27. The van der Waals surface area contributed by atoms with Gasteiger partial charge in [0.25, 0.3) is 0 Å². The monoisotopic (exact) mass is 1810 g/mol. The Morgan fingerprint density at radius 2 is 0.581 bits per heavy atom. The number of ether oxygens (including phenoxy) is 6. The van der Waals surface area contributed by atoms with Crippen molar-refractivity contribution in [1.29, 1.82) is 0 Å². The molecule has 129 heavy (non-hydrogen) atoms. The van der Waals surface area contributed by atoms with Gasteiger partial charge in [0, 0.05) is 117 Å². The van der Waals surface area contributed by atoms with Crippen molar-refractivity contribution >= 4 is 71.5 Å². The molecule has 6 atom stereocenters. The number of nitrogens with zero attached hydrogens (tertiary/aromatic N) is 6. The number of hydrogen-bond donors (Lipinski definition) is 11. The van der Waals surface area contributed by atoms with E-state index in [1.54, 1.807) is 77.0 Å². The molecule has 3 aromatic carbocycles. The van der Waals surface area contributed by atoms with E-state index in [9.17, 15) is 43.2 Å². The number of amides is 8. The van der Waals surface area contributed by atoms with Crippen LogP contribution in [0.5, 0.6) is 0 Å². The lowest BCUT2D eigenvalue weighted by Gasteiger charge is -2.35. The summed E-state index contributed by atoms with van der Waals surface area (Å²) < 4.78 is 35.1. The van der Waals surface area contributed by atoms with E-state index in [1.807, 2.05) is 106 Å². The molecule has 17 N–H and O–H groups in total. The van der Waals surface area contributed by atoms with Crippen LogP contribution in [-0.2, 0) is 96.2 Å². The van der Waals surface area contributed by atoms with Crippen molar-refractivity contribution in [3.63, 3.8) is 0 Å². The van der Waals surface area contributed by atoms with Gasteiger partial charge in [-0.3, -0.25) is 62.6 Å². The summed E-state index contributed by atoms with van der Waals surface area (Å²) in [7, 11) is 0. The van der Waals surface area contributed by atoms with Gasteiger partial charge in [-0.1, -0.05) is 104 Å². The highest BCUT2D eigenvalue weighted by atomic mass is 16.6. The minimum absolute atomic E-state index is 0.00243. The number of benzene rings is 3. The molecule has 1 saturated heterocycles. The average Bonchev–Trinajstić information content (AvgIpc) is 1.78. The van der Waals surface area contributed by atoms with Crippen LogP contribution in [0.3, 0.4) is 0 Å². The number of carbonyl (C=O) groups is 12. The van der Waals surface area contributed by atoms with Crippen molar-refractivity contribution in [1.82, 2.24) is 56.0 Å². The van der Waals surface area contributed by atoms with Gasteiger partial charge in [-0.2, -0.15) is 0 Å². The van der Waals surface area contributed by atoms with Crippen LogP contribution in [0.25, 0.3) is 0 Å². The molecule has 726 valence electrons. The van der Waals surface area contributed by atoms with E-state index >= 15 is 14.4 Å². The molecule has 35 heteroatoms. The van der Waals surface area contributed by atoms with Crippen LogP contribution in [0.2, 0.25) is 0 Å². The summed E-state index contributed by atoms with van der Waals surface area (Å²) in [6.45, 7) is 19.5. The van der Waals surface area contributed by atoms with E-state index in [4.69, 9.17) is 62.8 Å². The average molecular weight is 1810 g/mol. The van der Waals surface area contributed by atoms with Crippen LogP contribution in [-0.4, -0.2) is 285 Å². The van der Waals surface area contributed by atoms with Crippen LogP contribution < -0.4 is 61.0 Å². The second-order valence-electron chi connectivity index (χ2n) is 35.8. The number of alkyl carbamates (subject to hydrolysis) is 2. The molecule has 0 aliphatic carbocycles. The van der Waals surface area contributed by atoms with Gasteiger partial charge in [0.15, 0.2) is 0 Å². The fourth-order valence-corrected chi connectivity index (χ4v) is 14.7. The van der Waals surface area contributed by atoms with E-state index in [0.29, 0.717) is 136 Å². The first-order chi connectivity index (χ1) is 61.6. The van der Waals surface area contributed by atoms with Gasteiger partial charge in [-0.25, -0.2) is 9.59 Å². The summed E-state index contributed by atoms with van der Waals surface area (Å²) in [6.07, 6.45) is 3.76. The largest absolute Gasteiger partial charge is 0.461 e. The Hall–Kier alpha value is -9.46. The molecule has 3 unspecified atom stereocenters. The number of nitrogens with one attached hydrogen (secondary N) is 5. The first kappa shape index (κ1) is 112. The topological polar surface area (TPSA) is 496 Å². The molecule has 0 spiro atoms. The molecule has 1 fully saturated rings. The van der Waals surface area contributed by atoms with Crippen LogP contribution in [0.4, 0.5) is 9.59 Å². The third kappa shape index (κ3) is 48.3. The summed E-state index contributed by atoms with van der Waals surface area (Å²) in [5.41, 5.74) is 35.1. The Labute approximate surface area is 765 Å². The number of unbranched alkanes of at least 4 members (excludes halogenated alkanes) is 4. The number of esters is 4. The van der Waals surface area contributed by atoms with Crippen LogP contribution in [0.15, 0.2) is 91.0 Å². The molecule has 0 saturated carbocycles. The van der Waals surface area contributed by atoms with Crippen LogP contribution in [0, 0.1) is 0 Å². The minimum Gasteiger partial charge on any atom is -0.461 e. The van der Waals surface area contributed by atoms with Crippen LogP contribution >= 0.6 is 0 Å². The lowest BCUT2D eigenvalue weighted by Crippen LogP contribution is -2.52. The zero-order valence-electron chi connectivity index (χ0n) is 78.6. The molecule has 0 aromatic heterocycles. The lowest BCUT2D eigenvalue weighted by atomic mass is 10.0. The second-order valence-corrected chi connectivity index (χ2v) is 35.8. The van der Waals surface area contributed by atoms with Crippen molar-refractivity contribution in [3.05, 3.63) is 108 Å². The molecule has 4 rings (SSSR count). The lowest BCUT2D eigenvalue weighted by molar-refractivity contribution is -0.164. The van der Waals surface area contributed by atoms with E-state index in [1.165, 1.54) is 0 Å². The SMILES string of the molecule is CC(C)(C)OC(=O)C(CCC(=O)N[C@@H](CCCCCC(=O)OCc1ccccc1)C(=O)N(CCCN)CCCN)N1CCN(C(CCC(=O)N[C@@H](CCCCNC(=O)OCc2ccccc2)C(=O)N(CCCN)CCCN)C(=O)OC(C)(C)C)CCN(C(CCC(=O)N[C@@H](CCCCNC(=O)OCc2ccccc2)C(=O)N(CCCN)CCCN)C(=O)OC(C)(C)C)CC1. The van der Waals surface area contributed by atoms with Gasteiger partial charge < -0.3 is 104 Å². The van der Waals surface area contributed by atoms with Gasteiger partial charge >= 0.3 is 36.1 Å². The maximum absolute atomic E-state index is 15.3. The van der Waals surface area contributed by atoms with Crippen molar-refractivity contribution in [3.8, 4) is 0 Å². The highest BCUT2D eigenvalue weighted by molar-refractivity contribution is 5.90. The van der Waals surface area contributed by atoms with Crippen molar-refractivity contribution in [2.24, 2.45) is 34.4 Å². The maximum Gasteiger partial charge on any atom is 0.407 e. The van der Waals surface area contributed by atoms with Crippen molar-refractivity contribution in [2.45, 2.75) is 283 Å². The molecule has 1 aliphatic rings. The van der Waals surface area contributed by atoms with Gasteiger partial charge in [0.2, 0.25) is 35.4 Å². The van der Waals surface area contributed by atoms with E-state index in [-0.39, 0.29) is 186 Å². The molecule has 8 amide bonds. The molecule has 35 nitrogen and oxygen atoms in total. The molecule has 0 bridgehead atoms. The van der Waals surface area contributed by atoms with E-state index < -0.39 is 101 Å². The third-order valence-electron chi connectivity index (χ3n) is 21.4. The predicted octanol–water partition coefficient (Wildman–Crippen LogP) is 6.30. The third-order valence-corrected chi connectivity index (χ3v) is 21.4. The van der Waals surface area contributed by atoms with Crippen LogP contribution in [0.1, 0.15) is 227 Å². The smallest absolute Gasteiger partial charge is 0.407 e. The Kier molecular flexibility index (Phi) is 54.4. The molecular formula is C94H157N17O18. The number of carbonyl (C=O) groups excluding carboxylic acids is 12. The highest BCUT2D eigenvalue weighted by Gasteiger charge is 2.40. The highest BCUT2D eigenvalue weighted by Crippen LogP contribution is 2.25. The first-order valence-electron chi connectivity index (χ1n) is 46.6. The Morgan fingerprint density at radius 1 is 0.326 bits per heavy atom. The Morgan fingerprint density at radius 3 is 0.837 bits per heavy atom. The van der Waals surface area contributed by atoms with E-state index in [2.05, 4.69) is 26.6 Å². The Balaban J connectivity index is 1.85. The van der Waals surface area contributed by atoms with Gasteiger partial charge in [-0.15, -0.1) is 0 Å². The maximum atomic E-state index is 15.3. The zero-order valence-corrected chi connectivity index (χ0v) is 78.6. The van der Waals surface area contributed by atoms with Gasteiger partial charge in [0.1, 0.15) is 72.9 Å². The minimum atomic E-state index is -1.23. The summed E-state index contributed by atoms with van der Waals surface area (Å²) in [5.74, 6) is -5.30. The summed E-state index contributed by atoms with van der Waals surface area (Å²) in [4.78, 5) is 184. The quantitative estimate of drug-likeness (QED) is 0.0168. The summed E-state index contributed by atoms with van der Waals surface area (Å²) >= 11 is 0. The summed E-state index contributed by atoms with van der Waals surface area (Å²) in [5, 5.41) is 14.5. The molecule has 3 aromatic rings. The number of nitrogens with two attached hydrogens (primary N) is 6. The molecule has 0 radical (unpaired) electrons. The fraction of sp³-hybridized carbons (Fsp3) is 0.681. The van der Waals surface area contributed by atoms with Gasteiger partial charge in [0.05, 0.1) is 0 Å². The molecule has 1 heterocycles. The Bertz CT molecular complexity index is 3350. The van der Waals surface area contributed by atoms with Crippen molar-refractivity contribution < 1.29 is 86.0 Å². The normalized spacial score (nSPS) is 14.4. The van der Waals surface area contributed by atoms with Gasteiger partial charge in [-0.05, 0) is 227 Å². The summed E-state index contributed by atoms with van der Waals surface area (Å²) in [6, 6.07) is 20.9. The van der Waals surface area contributed by atoms with Crippen molar-refractivity contribution in [2.75, 3.05) is 131 Å². The zero-order chi connectivity index (χ0) is 95.0. The molecule has 1 aliphatic heterocycles. The van der Waals surface area contributed by atoms with E-state index in [0.717, 1.165) is 16.7 Å². The second kappa shape index (κ2) is 62.8. The number of rotatable bonds is 61. The molecular weight excluding hydrogens is 1660 g/mol.